The van der Waals surface area contributed by atoms with Crippen molar-refractivity contribution in [3.8, 4) is 0 Å². The molecule has 0 bridgehead atoms. The monoisotopic (exact) mass is 374 g/mol. The minimum Gasteiger partial charge on any atom is -0.267 e. The van der Waals surface area contributed by atoms with Crippen molar-refractivity contribution in [3.63, 3.8) is 0 Å². The standard InChI is InChI=1S/C19H13F3N2OS/c1-10-7-8-14-16(11(10)2)23-18-24(14)17(25)15(26-18)9-12-5-3-4-6-13(12)19(20,21)22/h3-9H,1-2H3/b15-9+. The lowest BCUT2D eigenvalue weighted by Gasteiger charge is -2.09. The Balaban J connectivity index is 2.01. The molecule has 0 saturated carbocycles. The molecule has 132 valence electrons. The Bertz CT molecular complexity index is 1270. The van der Waals surface area contributed by atoms with Crippen LogP contribution >= 0.6 is 11.3 Å². The van der Waals surface area contributed by atoms with E-state index in [9.17, 15) is 18.0 Å². The molecule has 2 aromatic carbocycles. The molecule has 0 saturated heterocycles. The average molecular weight is 374 g/mol. The third-order valence-electron chi connectivity index (χ3n) is 4.49. The van der Waals surface area contributed by atoms with Gasteiger partial charge >= 0.3 is 6.18 Å². The van der Waals surface area contributed by atoms with Crippen LogP contribution in [0.4, 0.5) is 13.2 Å². The van der Waals surface area contributed by atoms with Gasteiger partial charge in [-0.2, -0.15) is 13.2 Å². The molecule has 2 heterocycles. The van der Waals surface area contributed by atoms with E-state index < -0.39 is 11.7 Å². The summed E-state index contributed by atoms with van der Waals surface area (Å²) in [6.45, 7) is 3.90. The molecule has 26 heavy (non-hydrogen) atoms. The van der Waals surface area contributed by atoms with Crippen LogP contribution in [0.15, 0.2) is 41.2 Å². The topological polar surface area (TPSA) is 34.4 Å². The third-order valence-corrected chi connectivity index (χ3v) is 5.46. The fraction of sp³-hybridized carbons (Fsp3) is 0.158. The molecule has 0 amide bonds. The molecule has 0 unspecified atom stereocenters. The third kappa shape index (κ3) is 2.50. The van der Waals surface area contributed by atoms with Gasteiger partial charge in [-0.3, -0.25) is 4.79 Å². The molecule has 7 heteroatoms. The molecule has 0 aliphatic rings. The number of nitrogens with zero attached hydrogens (tertiary/aromatic N) is 2. The smallest absolute Gasteiger partial charge is 0.267 e. The molecule has 0 radical (unpaired) electrons. The fourth-order valence-electron chi connectivity index (χ4n) is 2.99. The summed E-state index contributed by atoms with van der Waals surface area (Å²) in [6, 6.07) is 8.95. The van der Waals surface area contributed by atoms with Gasteiger partial charge in [0, 0.05) is 0 Å². The molecule has 0 fully saturated rings. The zero-order chi connectivity index (χ0) is 18.6. The van der Waals surface area contributed by atoms with Gasteiger partial charge in [-0.1, -0.05) is 35.6 Å². The van der Waals surface area contributed by atoms with Crippen LogP contribution in [-0.2, 0) is 6.18 Å². The lowest BCUT2D eigenvalue weighted by atomic mass is 10.1. The number of fused-ring (bicyclic) bond motifs is 3. The molecule has 0 aliphatic heterocycles. The number of aryl methyl sites for hydroxylation is 2. The Kier molecular flexibility index (Phi) is 3.66. The minimum atomic E-state index is -4.48. The van der Waals surface area contributed by atoms with E-state index in [0.717, 1.165) is 34.0 Å². The van der Waals surface area contributed by atoms with E-state index in [4.69, 9.17) is 0 Å². The second kappa shape index (κ2) is 5.67. The van der Waals surface area contributed by atoms with Gasteiger partial charge in [0.15, 0.2) is 4.96 Å². The van der Waals surface area contributed by atoms with Gasteiger partial charge in [-0.25, -0.2) is 9.38 Å². The zero-order valence-electron chi connectivity index (χ0n) is 13.9. The number of hydrogen-bond donors (Lipinski definition) is 0. The van der Waals surface area contributed by atoms with E-state index in [1.807, 2.05) is 26.0 Å². The Morgan fingerprint density at radius 3 is 2.58 bits per heavy atom. The number of imidazole rings is 1. The predicted octanol–water partition coefficient (Wildman–Crippen LogP) is 4.09. The highest BCUT2D eigenvalue weighted by Gasteiger charge is 2.32. The number of aromatic nitrogens is 2. The molecule has 4 aromatic rings. The molecular weight excluding hydrogens is 361 g/mol. The SMILES string of the molecule is Cc1ccc2c(nc3s/c(=C/c4ccccc4C(F)(F)F)c(=O)n32)c1C. The van der Waals surface area contributed by atoms with Crippen molar-refractivity contribution in [2.24, 2.45) is 0 Å². The maximum absolute atomic E-state index is 13.2. The lowest BCUT2D eigenvalue weighted by molar-refractivity contribution is -0.137. The quantitative estimate of drug-likeness (QED) is 0.503. The Morgan fingerprint density at radius 2 is 1.85 bits per heavy atom. The molecule has 3 nitrogen and oxygen atoms in total. The number of benzene rings is 2. The summed E-state index contributed by atoms with van der Waals surface area (Å²) in [5.74, 6) is 0. The second-order valence-corrected chi connectivity index (χ2v) is 7.11. The van der Waals surface area contributed by atoms with E-state index >= 15 is 0 Å². The number of halogens is 3. The van der Waals surface area contributed by atoms with Crippen LogP contribution in [0.2, 0.25) is 0 Å². The maximum Gasteiger partial charge on any atom is 0.416 e. The summed E-state index contributed by atoms with van der Waals surface area (Å²) >= 11 is 1.09. The van der Waals surface area contributed by atoms with Crippen molar-refractivity contribution in [1.82, 2.24) is 9.38 Å². The summed E-state index contributed by atoms with van der Waals surface area (Å²) in [7, 11) is 0. The molecule has 0 N–H and O–H groups in total. The van der Waals surface area contributed by atoms with Crippen LogP contribution in [0.5, 0.6) is 0 Å². The minimum absolute atomic E-state index is 0.0297. The summed E-state index contributed by atoms with van der Waals surface area (Å²) in [5.41, 5.74) is 2.34. The first-order valence-electron chi connectivity index (χ1n) is 7.86. The Labute approximate surface area is 150 Å². The van der Waals surface area contributed by atoms with Gasteiger partial charge < -0.3 is 0 Å². The van der Waals surface area contributed by atoms with Gasteiger partial charge in [-0.15, -0.1) is 0 Å². The largest absolute Gasteiger partial charge is 0.416 e. The van der Waals surface area contributed by atoms with Gasteiger partial charge in [-0.05, 0) is 48.7 Å². The molecule has 2 aromatic heterocycles. The van der Waals surface area contributed by atoms with Crippen molar-refractivity contribution < 1.29 is 13.2 Å². The molecule has 0 aliphatic carbocycles. The maximum atomic E-state index is 13.2. The van der Waals surface area contributed by atoms with Crippen molar-refractivity contribution >= 4 is 33.4 Å². The van der Waals surface area contributed by atoms with Gasteiger partial charge in [0.25, 0.3) is 5.56 Å². The van der Waals surface area contributed by atoms with Crippen LogP contribution in [0.3, 0.4) is 0 Å². The highest BCUT2D eigenvalue weighted by molar-refractivity contribution is 7.15. The van der Waals surface area contributed by atoms with Gasteiger partial charge in [0.05, 0.1) is 21.1 Å². The zero-order valence-corrected chi connectivity index (χ0v) is 14.7. The van der Waals surface area contributed by atoms with E-state index in [-0.39, 0.29) is 15.7 Å². The lowest BCUT2D eigenvalue weighted by Crippen LogP contribution is -2.23. The Morgan fingerprint density at radius 1 is 1.12 bits per heavy atom. The van der Waals surface area contributed by atoms with Crippen LogP contribution in [0.25, 0.3) is 22.1 Å². The van der Waals surface area contributed by atoms with Crippen molar-refractivity contribution in [3.05, 3.63) is 73.5 Å². The van der Waals surface area contributed by atoms with E-state index in [2.05, 4.69) is 4.98 Å². The first-order chi connectivity index (χ1) is 12.3. The van der Waals surface area contributed by atoms with Crippen LogP contribution in [-0.4, -0.2) is 9.38 Å². The fourth-order valence-corrected chi connectivity index (χ4v) is 3.96. The van der Waals surface area contributed by atoms with Crippen molar-refractivity contribution in [2.45, 2.75) is 20.0 Å². The Hall–Kier alpha value is -2.67. The molecule has 0 spiro atoms. The van der Waals surface area contributed by atoms with Crippen molar-refractivity contribution in [1.29, 1.82) is 0 Å². The van der Waals surface area contributed by atoms with E-state index in [1.54, 1.807) is 0 Å². The highest BCUT2D eigenvalue weighted by atomic mass is 32.1. The summed E-state index contributed by atoms with van der Waals surface area (Å²) < 4.78 is 41.2. The predicted molar refractivity (Wildman–Crippen MR) is 96.5 cm³/mol. The number of rotatable bonds is 1. The van der Waals surface area contributed by atoms with Crippen molar-refractivity contribution in [2.75, 3.05) is 0 Å². The summed E-state index contributed by atoms with van der Waals surface area (Å²) in [5, 5.41) is 0. The number of hydrogen-bond acceptors (Lipinski definition) is 3. The second-order valence-electron chi connectivity index (χ2n) is 6.11. The van der Waals surface area contributed by atoms with Crippen LogP contribution in [0.1, 0.15) is 22.3 Å². The van der Waals surface area contributed by atoms with E-state index in [1.165, 1.54) is 28.7 Å². The van der Waals surface area contributed by atoms with Crippen LogP contribution < -0.4 is 10.1 Å². The van der Waals surface area contributed by atoms with Gasteiger partial charge in [0.2, 0.25) is 0 Å². The molecular formula is C19H13F3N2OS. The number of alkyl halides is 3. The highest BCUT2D eigenvalue weighted by Crippen LogP contribution is 2.32. The van der Waals surface area contributed by atoms with E-state index in [0.29, 0.717) is 10.5 Å². The summed E-state index contributed by atoms with van der Waals surface area (Å²) in [4.78, 5) is 17.8. The molecule has 4 rings (SSSR count). The van der Waals surface area contributed by atoms with Gasteiger partial charge in [0.1, 0.15) is 0 Å². The first-order valence-corrected chi connectivity index (χ1v) is 8.68. The first kappa shape index (κ1) is 16.8. The van der Waals surface area contributed by atoms with Crippen LogP contribution in [0, 0.1) is 13.8 Å². The average Bonchev–Trinajstić information content (AvgIpc) is 3.08. The summed E-state index contributed by atoms with van der Waals surface area (Å²) in [6.07, 6.45) is -3.19. The normalized spacial score (nSPS) is 13.2. The molecule has 0 atom stereocenters. The number of thiazole rings is 1.